The maximum Gasteiger partial charge on any atom is 0.355 e. The third kappa shape index (κ3) is 5.92. The molecule has 1 aromatic heterocycles. The van der Waals surface area contributed by atoms with Crippen molar-refractivity contribution in [2.75, 3.05) is 5.32 Å². The minimum atomic E-state index is -0.914. The minimum absolute atomic E-state index is 0.284. The van der Waals surface area contributed by atoms with Crippen molar-refractivity contribution >= 4 is 62.7 Å². The van der Waals surface area contributed by atoms with Crippen molar-refractivity contribution in [2.24, 2.45) is 5.10 Å². The van der Waals surface area contributed by atoms with E-state index in [9.17, 15) is 14.4 Å². The molecular weight excluding hydrogens is 486 g/mol. The van der Waals surface area contributed by atoms with Crippen molar-refractivity contribution in [3.05, 3.63) is 93.8 Å². The van der Waals surface area contributed by atoms with Gasteiger partial charge in [0.1, 0.15) is 10.6 Å². The number of anilines is 1. The summed E-state index contributed by atoms with van der Waals surface area (Å²) in [4.78, 5) is 37.0. The summed E-state index contributed by atoms with van der Waals surface area (Å²) in [5.41, 5.74) is 4.36. The lowest BCUT2D eigenvalue weighted by molar-refractivity contribution is -0.136. The number of ether oxygens (including phenoxy) is 1. The van der Waals surface area contributed by atoms with Gasteiger partial charge in [0.25, 0.3) is 0 Å². The number of hydrogen-bond donors (Lipinski definition) is 2. The summed E-state index contributed by atoms with van der Waals surface area (Å²) in [6.07, 6.45) is 2.22. The van der Waals surface area contributed by atoms with Crippen LogP contribution in [0.3, 0.4) is 0 Å². The van der Waals surface area contributed by atoms with Gasteiger partial charge in [-0.25, -0.2) is 10.2 Å². The normalized spacial score (nSPS) is 10.9. The van der Waals surface area contributed by atoms with E-state index in [1.54, 1.807) is 36.4 Å². The predicted octanol–water partition coefficient (Wildman–Crippen LogP) is 5.43. The van der Waals surface area contributed by atoms with E-state index in [-0.39, 0.29) is 5.75 Å². The molecule has 2 amide bonds. The van der Waals surface area contributed by atoms with E-state index in [0.717, 1.165) is 22.1 Å². The zero-order chi connectivity index (χ0) is 24.8. The maximum atomic E-state index is 12.6. The summed E-state index contributed by atoms with van der Waals surface area (Å²) in [5.74, 6) is -2.04. The zero-order valence-electron chi connectivity index (χ0n) is 18.6. The SMILES string of the molecule is CCc1ccc(NC(=O)C(=O)N/N=C\c2cccc(OC(=O)c3sc4ccccc4c3Cl)c2)cc1. The molecule has 0 aliphatic rings. The Hall–Kier alpha value is -4.01. The molecule has 0 aliphatic heterocycles. The van der Waals surface area contributed by atoms with Gasteiger partial charge in [0, 0.05) is 15.8 Å². The van der Waals surface area contributed by atoms with E-state index in [4.69, 9.17) is 16.3 Å². The number of benzene rings is 3. The number of fused-ring (bicyclic) bond motifs is 1. The molecule has 35 heavy (non-hydrogen) atoms. The Morgan fingerprint density at radius 2 is 1.77 bits per heavy atom. The van der Waals surface area contributed by atoms with Crippen molar-refractivity contribution in [1.82, 2.24) is 5.43 Å². The Morgan fingerprint density at radius 1 is 1.00 bits per heavy atom. The van der Waals surface area contributed by atoms with Crippen molar-refractivity contribution in [2.45, 2.75) is 13.3 Å². The number of rotatable bonds is 6. The molecule has 0 aliphatic carbocycles. The monoisotopic (exact) mass is 505 g/mol. The predicted molar refractivity (Wildman–Crippen MR) is 138 cm³/mol. The summed E-state index contributed by atoms with van der Waals surface area (Å²) in [6, 6.07) is 21.2. The Morgan fingerprint density at radius 3 is 2.51 bits per heavy atom. The Bertz CT molecular complexity index is 1430. The molecule has 1 heterocycles. The first kappa shape index (κ1) is 24.1. The fourth-order valence-corrected chi connectivity index (χ4v) is 4.57. The lowest BCUT2D eigenvalue weighted by Gasteiger charge is -2.05. The molecule has 4 rings (SSSR count). The average Bonchev–Trinajstić information content (AvgIpc) is 3.21. The van der Waals surface area contributed by atoms with Crippen LogP contribution in [0, 0.1) is 0 Å². The molecule has 0 saturated heterocycles. The molecular formula is C26H20ClN3O4S. The van der Waals surface area contributed by atoms with Gasteiger partial charge in [-0.15, -0.1) is 11.3 Å². The second-order valence-electron chi connectivity index (χ2n) is 7.41. The van der Waals surface area contributed by atoms with E-state index in [1.807, 2.05) is 43.3 Å². The third-order valence-corrected chi connectivity index (χ3v) is 6.65. The average molecular weight is 506 g/mol. The smallest absolute Gasteiger partial charge is 0.355 e. The van der Waals surface area contributed by atoms with Crippen LogP contribution in [-0.2, 0) is 16.0 Å². The van der Waals surface area contributed by atoms with E-state index in [2.05, 4.69) is 15.8 Å². The first-order valence-corrected chi connectivity index (χ1v) is 11.9. The summed E-state index contributed by atoms with van der Waals surface area (Å²) >= 11 is 7.61. The van der Waals surface area contributed by atoms with E-state index in [1.165, 1.54) is 17.6 Å². The molecule has 4 aromatic rings. The van der Waals surface area contributed by atoms with E-state index < -0.39 is 17.8 Å². The van der Waals surface area contributed by atoms with Gasteiger partial charge in [0.15, 0.2) is 0 Å². The highest BCUT2D eigenvalue weighted by Crippen LogP contribution is 2.35. The highest BCUT2D eigenvalue weighted by molar-refractivity contribution is 7.21. The number of nitrogens with zero attached hydrogens (tertiary/aromatic N) is 1. The number of aryl methyl sites for hydroxylation is 1. The summed E-state index contributed by atoms with van der Waals surface area (Å²) in [6.45, 7) is 2.03. The van der Waals surface area contributed by atoms with E-state index in [0.29, 0.717) is 21.2 Å². The zero-order valence-corrected chi connectivity index (χ0v) is 20.2. The first-order chi connectivity index (χ1) is 16.9. The largest absolute Gasteiger partial charge is 0.422 e. The van der Waals surface area contributed by atoms with Crippen LogP contribution in [-0.4, -0.2) is 24.0 Å². The standard InChI is InChI=1S/C26H20ClN3O4S/c1-2-16-10-12-18(13-11-16)29-24(31)25(32)30-28-15-17-6-5-7-19(14-17)34-26(33)23-22(27)20-8-3-4-9-21(20)35-23/h3-15H,2H2,1H3,(H,29,31)(H,30,32)/b28-15-. The number of thiophene rings is 1. The Balaban J connectivity index is 1.35. The van der Waals surface area contributed by atoms with Gasteiger partial charge in [0.2, 0.25) is 0 Å². The van der Waals surface area contributed by atoms with Gasteiger partial charge in [0.05, 0.1) is 11.2 Å². The van der Waals surface area contributed by atoms with Crippen LogP contribution in [0.2, 0.25) is 5.02 Å². The van der Waals surface area contributed by atoms with Crippen LogP contribution in [0.1, 0.15) is 27.7 Å². The number of carbonyl (C=O) groups excluding carboxylic acids is 3. The fourth-order valence-electron chi connectivity index (χ4n) is 3.18. The van der Waals surface area contributed by atoms with Gasteiger partial charge in [-0.1, -0.05) is 61.0 Å². The number of hydrogen-bond acceptors (Lipinski definition) is 6. The molecule has 0 bridgehead atoms. The van der Waals surface area contributed by atoms with Crippen molar-refractivity contribution < 1.29 is 19.1 Å². The van der Waals surface area contributed by atoms with Gasteiger partial charge in [-0.05, 0) is 47.9 Å². The van der Waals surface area contributed by atoms with Gasteiger partial charge < -0.3 is 10.1 Å². The topological polar surface area (TPSA) is 96.9 Å². The lowest BCUT2D eigenvalue weighted by Crippen LogP contribution is -2.32. The van der Waals surface area contributed by atoms with Crippen LogP contribution < -0.4 is 15.5 Å². The number of esters is 1. The van der Waals surface area contributed by atoms with Crippen LogP contribution in [0.25, 0.3) is 10.1 Å². The van der Waals surface area contributed by atoms with Gasteiger partial charge in [-0.3, -0.25) is 9.59 Å². The molecule has 0 spiro atoms. The molecule has 176 valence electrons. The second-order valence-corrected chi connectivity index (χ2v) is 8.84. The summed E-state index contributed by atoms with van der Waals surface area (Å²) in [7, 11) is 0. The minimum Gasteiger partial charge on any atom is -0.422 e. The number of halogens is 1. The van der Waals surface area contributed by atoms with Gasteiger partial charge >= 0.3 is 17.8 Å². The molecule has 0 radical (unpaired) electrons. The highest BCUT2D eigenvalue weighted by Gasteiger charge is 2.19. The summed E-state index contributed by atoms with van der Waals surface area (Å²) in [5, 5.41) is 7.47. The molecule has 7 nitrogen and oxygen atoms in total. The molecule has 0 atom stereocenters. The van der Waals surface area contributed by atoms with Crippen LogP contribution in [0.15, 0.2) is 77.9 Å². The number of amides is 2. The molecule has 9 heteroatoms. The lowest BCUT2D eigenvalue weighted by atomic mass is 10.1. The van der Waals surface area contributed by atoms with E-state index >= 15 is 0 Å². The second kappa shape index (κ2) is 10.9. The first-order valence-electron chi connectivity index (χ1n) is 10.7. The Labute approximate surface area is 210 Å². The number of carbonyl (C=O) groups is 3. The fraction of sp³-hybridized carbons (Fsp3) is 0.0769. The Kier molecular flexibility index (Phi) is 7.54. The maximum absolute atomic E-state index is 12.6. The van der Waals surface area contributed by atoms with Crippen molar-refractivity contribution in [3.63, 3.8) is 0 Å². The molecule has 3 aromatic carbocycles. The molecule has 0 saturated carbocycles. The molecule has 0 unspecified atom stereocenters. The third-order valence-electron chi connectivity index (χ3n) is 4.99. The summed E-state index contributed by atoms with van der Waals surface area (Å²) < 4.78 is 6.37. The van der Waals surface area contributed by atoms with Gasteiger partial charge in [-0.2, -0.15) is 5.10 Å². The molecule has 0 fully saturated rings. The highest BCUT2D eigenvalue weighted by atomic mass is 35.5. The van der Waals surface area contributed by atoms with Crippen molar-refractivity contribution in [1.29, 1.82) is 0 Å². The van der Waals surface area contributed by atoms with Crippen molar-refractivity contribution in [3.8, 4) is 5.75 Å². The van der Waals surface area contributed by atoms with Crippen LogP contribution >= 0.6 is 22.9 Å². The quantitative estimate of drug-likeness (QED) is 0.120. The van der Waals surface area contributed by atoms with Crippen LogP contribution in [0.4, 0.5) is 5.69 Å². The number of hydrazone groups is 1. The van der Waals surface area contributed by atoms with Crippen LogP contribution in [0.5, 0.6) is 5.75 Å². The number of nitrogens with one attached hydrogen (secondary N) is 2. The molecule has 2 N–H and O–H groups in total.